The lowest BCUT2D eigenvalue weighted by molar-refractivity contribution is 0.0560. The van der Waals surface area contributed by atoms with E-state index in [2.05, 4.69) is 15.2 Å². The first kappa shape index (κ1) is 14.4. The highest BCUT2D eigenvalue weighted by Crippen LogP contribution is 2.28. The average molecular weight is 327 g/mol. The molecular weight excluding hydrogens is 314 g/mol. The number of aromatic nitrogens is 4. The highest BCUT2D eigenvalue weighted by Gasteiger charge is 2.36. The topological polar surface area (TPSA) is 107 Å². The fourth-order valence-electron chi connectivity index (χ4n) is 2.49. The van der Waals surface area contributed by atoms with Gasteiger partial charge < -0.3 is 13.8 Å². The van der Waals surface area contributed by atoms with Crippen LogP contribution in [0.4, 0.5) is 0 Å². The molecule has 3 aromatic heterocycles. The number of amides is 1. The molecule has 1 aliphatic rings. The van der Waals surface area contributed by atoms with E-state index in [0.29, 0.717) is 30.6 Å². The zero-order valence-corrected chi connectivity index (χ0v) is 12.7. The van der Waals surface area contributed by atoms with E-state index in [9.17, 15) is 9.59 Å². The van der Waals surface area contributed by atoms with Gasteiger partial charge in [-0.05, 0) is 18.2 Å². The van der Waals surface area contributed by atoms with Crippen molar-refractivity contribution in [3.63, 3.8) is 0 Å². The largest absolute Gasteiger partial charge is 0.461 e. The van der Waals surface area contributed by atoms with E-state index < -0.39 is 0 Å². The Labute approximate surface area is 135 Å². The summed E-state index contributed by atoms with van der Waals surface area (Å²) < 4.78 is 11.6. The predicted octanol–water partition coefficient (Wildman–Crippen LogP) is 0.663. The van der Waals surface area contributed by atoms with Crippen LogP contribution in [0.1, 0.15) is 22.3 Å². The van der Waals surface area contributed by atoms with Crippen molar-refractivity contribution in [3.8, 4) is 11.6 Å². The van der Waals surface area contributed by atoms with Crippen LogP contribution >= 0.6 is 0 Å². The lowest BCUT2D eigenvalue weighted by atomic mass is 9.99. The minimum atomic E-state index is -0.260. The summed E-state index contributed by atoms with van der Waals surface area (Å²) in [6.45, 7) is 0.923. The molecule has 9 heteroatoms. The minimum absolute atomic E-state index is 0.0160. The van der Waals surface area contributed by atoms with Gasteiger partial charge in [0.1, 0.15) is 5.69 Å². The first-order valence-corrected chi connectivity index (χ1v) is 7.33. The van der Waals surface area contributed by atoms with Gasteiger partial charge in [-0.1, -0.05) is 5.16 Å². The van der Waals surface area contributed by atoms with Crippen molar-refractivity contribution in [2.24, 2.45) is 7.05 Å². The molecule has 0 unspecified atom stereocenters. The van der Waals surface area contributed by atoms with Gasteiger partial charge in [-0.15, -0.1) is 0 Å². The lowest BCUT2D eigenvalue weighted by Crippen LogP contribution is -2.49. The van der Waals surface area contributed by atoms with Crippen molar-refractivity contribution in [2.45, 2.75) is 5.92 Å². The number of hydrogen-bond donors (Lipinski definition) is 0. The first-order chi connectivity index (χ1) is 11.6. The van der Waals surface area contributed by atoms with Gasteiger partial charge in [0.2, 0.25) is 11.7 Å². The van der Waals surface area contributed by atoms with Crippen LogP contribution in [-0.4, -0.2) is 43.8 Å². The Kier molecular flexibility index (Phi) is 3.26. The average Bonchev–Trinajstić information content (AvgIpc) is 3.19. The van der Waals surface area contributed by atoms with Crippen LogP contribution in [0.2, 0.25) is 0 Å². The van der Waals surface area contributed by atoms with Crippen LogP contribution in [0.3, 0.4) is 0 Å². The Morgan fingerprint density at radius 2 is 2.12 bits per heavy atom. The third-order valence-electron chi connectivity index (χ3n) is 3.88. The van der Waals surface area contributed by atoms with E-state index in [1.54, 1.807) is 17.0 Å². The van der Waals surface area contributed by atoms with E-state index >= 15 is 0 Å². The second-order valence-corrected chi connectivity index (χ2v) is 5.52. The molecule has 0 atom stereocenters. The van der Waals surface area contributed by atoms with Gasteiger partial charge in [0.25, 0.3) is 11.5 Å². The minimum Gasteiger partial charge on any atom is -0.461 e. The molecule has 1 fully saturated rings. The molecule has 4 rings (SSSR count). The summed E-state index contributed by atoms with van der Waals surface area (Å²) in [6.07, 6.45) is 1.54. The van der Waals surface area contributed by atoms with E-state index in [1.165, 1.54) is 25.4 Å². The molecule has 0 bridgehead atoms. The Morgan fingerprint density at radius 1 is 1.29 bits per heavy atom. The van der Waals surface area contributed by atoms with E-state index in [-0.39, 0.29) is 23.1 Å². The van der Waals surface area contributed by atoms with Crippen molar-refractivity contribution in [3.05, 3.63) is 52.5 Å². The number of nitrogens with zero attached hydrogens (tertiary/aromatic N) is 5. The molecule has 1 saturated heterocycles. The monoisotopic (exact) mass is 327 g/mol. The highest BCUT2D eigenvalue weighted by molar-refractivity contribution is 5.92. The van der Waals surface area contributed by atoms with Gasteiger partial charge in [-0.3, -0.25) is 9.59 Å². The second kappa shape index (κ2) is 5.44. The second-order valence-electron chi connectivity index (χ2n) is 5.52. The van der Waals surface area contributed by atoms with Crippen LogP contribution in [0.15, 0.2) is 44.3 Å². The molecule has 0 radical (unpaired) electrons. The maximum absolute atomic E-state index is 12.3. The molecule has 0 saturated carbocycles. The van der Waals surface area contributed by atoms with Gasteiger partial charge >= 0.3 is 0 Å². The van der Waals surface area contributed by atoms with Gasteiger partial charge in [-0.2, -0.15) is 10.1 Å². The van der Waals surface area contributed by atoms with E-state index in [0.717, 1.165) is 4.68 Å². The first-order valence-electron chi connectivity index (χ1n) is 7.33. The molecule has 24 heavy (non-hydrogen) atoms. The quantitative estimate of drug-likeness (QED) is 0.695. The normalized spacial score (nSPS) is 14.6. The molecule has 0 aromatic carbocycles. The van der Waals surface area contributed by atoms with Gasteiger partial charge in [-0.25, -0.2) is 4.68 Å². The van der Waals surface area contributed by atoms with Crippen molar-refractivity contribution < 1.29 is 13.7 Å². The summed E-state index contributed by atoms with van der Waals surface area (Å²) in [5, 5.41) is 7.84. The highest BCUT2D eigenvalue weighted by atomic mass is 16.5. The van der Waals surface area contributed by atoms with Gasteiger partial charge in [0, 0.05) is 26.2 Å². The third kappa shape index (κ3) is 2.39. The lowest BCUT2D eigenvalue weighted by Gasteiger charge is -2.36. The molecule has 1 aliphatic heterocycles. The van der Waals surface area contributed by atoms with Crippen molar-refractivity contribution in [2.75, 3.05) is 13.1 Å². The number of furan rings is 1. The van der Waals surface area contributed by atoms with Crippen molar-refractivity contribution in [1.29, 1.82) is 0 Å². The van der Waals surface area contributed by atoms with E-state index in [1.807, 2.05) is 0 Å². The number of rotatable bonds is 3. The van der Waals surface area contributed by atoms with Crippen LogP contribution in [-0.2, 0) is 7.05 Å². The molecule has 3 aromatic rings. The van der Waals surface area contributed by atoms with Crippen LogP contribution in [0.25, 0.3) is 11.6 Å². The summed E-state index contributed by atoms with van der Waals surface area (Å²) in [5.74, 6) is 1.15. The predicted molar refractivity (Wildman–Crippen MR) is 80.1 cm³/mol. The molecule has 0 aliphatic carbocycles. The molecule has 0 N–H and O–H groups in total. The van der Waals surface area contributed by atoms with E-state index in [4.69, 9.17) is 8.94 Å². The zero-order valence-electron chi connectivity index (χ0n) is 12.7. The maximum atomic E-state index is 12.3. The zero-order chi connectivity index (χ0) is 16.7. The molecule has 9 nitrogen and oxygen atoms in total. The van der Waals surface area contributed by atoms with Crippen LogP contribution in [0.5, 0.6) is 0 Å². The van der Waals surface area contributed by atoms with Crippen molar-refractivity contribution >= 4 is 5.91 Å². The fraction of sp³-hybridized carbons (Fsp3) is 0.267. The Hall–Kier alpha value is -3.23. The number of aryl methyl sites for hydroxylation is 1. The summed E-state index contributed by atoms with van der Waals surface area (Å²) in [7, 11) is 1.51. The van der Waals surface area contributed by atoms with Crippen molar-refractivity contribution in [1.82, 2.24) is 24.8 Å². The summed E-state index contributed by atoms with van der Waals surface area (Å²) in [4.78, 5) is 29.6. The number of carbonyl (C=O) groups excluding carboxylic acids is 1. The molecular formula is C15H13N5O4. The SMILES string of the molecule is Cn1nc(C(=O)N2CC(c3nc(-c4ccco4)no3)C2)ccc1=O. The molecule has 122 valence electrons. The van der Waals surface area contributed by atoms with Crippen LogP contribution < -0.4 is 5.56 Å². The number of carbonyl (C=O) groups is 1. The Morgan fingerprint density at radius 3 is 2.83 bits per heavy atom. The maximum Gasteiger partial charge on any atom is 0.274 e. The summed E-state index contributed by atoms with van der Waals surface area (Å²) in [5.41, 5.74) is -0.0262. The van der Waals surface area contributed by atoms with Gasteiger partial charge in [0.05, 0.1) is 12.2 Å². The third-order valence-corrected chi connectivity index (χ3v) is 3.88. The smallest absolute Gasteiger partial charge is 0.274 e. The Balaban J connectivity index is 1.43. The molecule has 0 spiro atoms. The number of likely N-dealkylation sites (tertiary alicyclic amines) is 1. The fourth-order valence-corrected chi connectivity index (χ4v) is 2.49. The van der Waals surface area contributed by atoms with Crippen LogP contribution in [0, 0.1) is 0 Å². The summed E-state index contributed by atoms with van der Waals surface area (Å²) >= 11 is 0. The molecule has 1 amide bonds. The standard InChI is InChI=1S/C15H13N5O4/c1-19-12(21)5-4-10(17-19)15(22)20-7-9(8-20)14-16-13(18-24-14)11-3-2-6-23-11/h2-6,9H,7-8H2,1H3. The number of hydrogen-bond acceptors (Lipinski definition) is 7. The summed E-state index contributed by atoms with van der Waals surface area (Å²) in [6, 6.07) is 6.25. The Bertz CT molecular complexity index is 937. The van der Waals surface area contributed by atoms with Gasteiger partial charge in [0.15, 0.2) is 5.76 Å². The molecule has 4 heterocycles.